The van der Waals surface area contributed by atoms with Crippen LogP contribution in [0, 0.1) is 5.95 Å². The van der Waals surface area contributed by atoms with Gasteiger partial charge in [0.1, 0.15) is 9.84 Å². The number of nitrogens with zero attached hydrogens (tertiary/aromatic N) is 1. The fourth-order valence-corrected chi connectivity index (χ4v) is 1.74. The molecular weight excluding hydrogens is 229 g/mol. The summed E-state index contributed by atoms with van der Waals surface area (Å²) in [6.07, 6.45) is 2.59. The number of aryl methyl sites for hydroxylation is 1. The van der Waals surface area contributed by atoms with E-state index in [4.69, 9.17) is 11.6 Å². The van der Waals surface area contributed by atoms with E-state index in [1.54, 1.807) is 0 Å². The van der Waals surface area contributed by atoms with Gasteiger partial charge in [0.2, 0.25) is 5.95 Å². The van der Waals surface area contributed by atoms with E-state index >= 15 is 0 Å². The van der Waals surface area contributed by atoms with Gasteiger partial charge in [-0.3, -0.25) is 0 Å². The summed E-state index contributed by atoms with van der Waals surface area (Å²) in [6, 6.07) is 1.51. The third-order valence-corrected chi connectivity index (χ3v) is 3.01. The first kappa shape index (κ1) is 11.4. The predicted octanol–water partition coefficient (Wildman–Crippen LogP) is 1.46. The highest BCUT2D eigenvalue weighted by Crippen LogP contribution is 2.18. The van der Waals surface area contributed by atoms with E-state index in [2.05, 4.69) is 4.98 Å². The Balaban J connectivity index is 2.83. The van der Waals surface area contributed by atoms with E-state index in [-0.39, 0.29) is 17.2 Å². The van der Waals surface area contributed by atoms with Crippen molar-refractivity contribution in [3.8, 4) is 0 Å². The smallest absolute Gasteiger partial charge is 0.229 e. The average molecular weight is 238 g/mol. The van der Waals surface area contributed by atoms with Gasteiger partial charge in [0.15, 0.2) is 0 Å². The van der Waals surface area contributed by atoms with Gasteiger partial charge in [-0.05, 0) is 18.1 Å². The highest BCUT2D eigenvalue weighted by atomic mass is 35.5. The third-order valence-electron chi connectivity index (χ3n) is 1.67. The zero-order valence-electron chi connectivity index (χ0n) is 7.50. The Morgan fingerprint density at radius 3 is 2.79 bits per heavy atom. The summed E-state index contributed by atoms with van der Waals surface area (Å²) >= 11 is 5.59. The van der Waals surface area contributed by atoms with Crippen LogP contribution in [-0.2, 0) is 16.3 Å². The Kier molecular flexibility index (Phi) is 3.44. The van der Waals surface area contributed by atoms with Crippen molar-refractivity contribution in [2.75, 3.05) is 12.0 Å². The van der Waals surface area contributed by atoms with Gasteiger partial charge in [0, 0.05) is 12.5 Å². The van der Waals surface area contributed by atoms with Crippen LogP contribution in [0.1, 0.15) is 5.56 Å². The Hall–Kier alpha value is -0.680. The highest BCUT2D eigenvalue weighted by Gasteiger charge is 2.09. The van der Waals surface area contributed by atoms with Gasteiger partial charge in [-0.15, -0.1) is 0 Å². The molecule has 0 bridgehead atoms. The number of rotatable bonds is 3. The SMILES string of the molecule is CS(=O)(=O)CCc1ccnc(F)c1Cl. The van der Waals surface area contributed by atoms with Crippen molar-refractivity contribution < 1.29 is 12.8 Å². The van der Waals surface area contributed by atoms with Crippen LogP contribution in [-0.4, -0.2) is 25.4 Å². The molecule has 0 atom stereocenters. The number of hydrogen-bond donors (Lipinski definition) is 0. The first-order valence-electron chi connectivity index (χ1n) is 3.87. The van der Waals surface area contributed by atoms with Crippen LogP contribution in [0.15, 0.2) is 12.3 Å². The summed E-state index contributed by atoms with van der Waals surface area (Å²) in [6.45, 7) is 0. The molecule has 0 saturated heterocycles. The lowest BCUT2D eigenvalue weighted by molar-refractivity contribution is 0.581. The highest BCUT2D eigenvalue weighted by molar-refractivity contribution is 7.90. The van der Waals surface area contributed by atoms with E-state index in [0.29, 0.717) is 5.56 Å². The van der Waals surface area contributed by atoms with Crippen molar-refractivity contribution in [2.45, 2.75) is 6.42 Å². The minimum absolute atomic E-state index is 0.0455. The van der Waals surface area contributed by atoms with Gasteiger partial charge in [0.25, 0.3) is 0 Å². The number of hydrogen-bond acceptors (Lipinski definition) is 3. The molecule has 0 N–H and O–H groups in total. The number of sulfone groups is 1. The maximum absolute atomic E-state index is 12.8. The lowest BCUT2D eigenvalue weighted by Gasteiger charge is -2.02. The van der Waals surface area contributed by atoms with Gasteiger partial charge >= 0.3 is 0 Å². The van der Waals surface area contributed by atoms with E-state index in [1.165, 1.54) is 12.3 Å². The summed E-state index contributed by atoms with van der Waals surface area (Å²) in [5.74, 6) is -0.812. The molecule has 1 rings (SSSR count). The van der Waals surface area contributed by atoms with E-state index in [0.717, 1.165) is 6.26 Å². The molecule has 0 amide bonds. The molecule has 0 unspecified atom stereocenters. The molecule has 0 aromatic carbocycles. The first-order valence-corrected chi connectivity index (χ1v) is 6.30. The largest absolute Gasteiger partial charge is 0.231 e. The standard InChI is InChI=1S/C8H9ClFNO2S/c1-14(12,13)5-3-6-2-4-11-8(10)7(6)9/h2,4H,3,5H2,1H3. The summed E-state index contributed by atoms with van der Waals surface area (Å²) < 4.78 is 34.5. The fraction of sp³-hybridized carbons (Fsp3) is 0.375. The van der Waals surface area contributed by atoms with Gasteiger partial charge in [-0.2, -0.15) is 4.39 Å². The summed E-state index contributed by atoms with van der Waals surface area (Å²) in [5, 5.41) is -0.101. The number of aromatic nitrogens is 1. The van der Waals surface area contributed by atoms with E-state index in [9.17, 15) is 12.8 Å². The van der Waals surface area contributed by atoms with Gasteiger partial charge < -0.3 is 0 Å². The predicted molar refractivity (Wildman–Crippen MR) is 52.6 cm³/mol. The van der Waals surface area contributed by atoms with Crippen molar-refractivity contribution in [3.63, 3.8) is 0 Å². The zero-order valence-corrected chi connectivity index (χ0v) is 9.07. The summed E-state index contributed by atoms with van der Waals surface area (Å²) in [7, 11) is -3.05. The lowest BCUT2D eigenvalue weighted by atomic mass is 10.2. The Morgan fingerprint density at radius 1 is 1.57 bits per heavy atom. The third kappa shape index (κ3) is 3.23. The van der Waals surface area contributed by atoms with Gasteiger partial charge in [-0.1, -0.05) is 11.6 Å². The zero-order chi connectivity index (χ0) is 10.8. The maximum atomic E-state index is 12.8. The topological polar surface area (TPSA) is 47.0 Å². The Labute approximate surface area is 86.8 Å². The molecule has 0 saturated carbocycles. The van der Waals surface area contributed by atoms with E-state index < -0.39 is 15.8 Å². The number of halogens is 2. The van der Waals surface area contributed by atoms with Crippen LogP contribution in [0.4, 0.5) is 4.39 Å². The van der Waals surface area contributed by atoms with Crippen LogP contribution in [0.5, 0.6) is 0 Å². The molecule has 0 aliphatic carbocycles. The van der Waals surface area contributed by atoms with Crippen molar-refractivity contribution in [3.05, 3.63) is 28.8 Å². The minimum Gasteiger partial charge on any atom is -0.229 e. The second-order valence-corrected chi connectivity index (χ2v) is 5.59. The van der Waals surface area contributed by atoms with Crippen molar-refractivity contribution in [2.24, 2.45) is 0 Å². The molecule has 78 valence electrons. The Morgan fingerprint density at radius 2 is 2.21 bits per heavy atom. The van der Waals surface area contributed by atoms with Crippen molar-refractivity contribution >= 4 is 21.4 Å². The molecule has 0 fully saturated rings. The average Bonchev–Trinajstić information content (AvgIpc) is 2.06. The second-order valence-electron chi connectivity index (χ2n) is 2.95. The normalized spacial score (nSPS) is 11.6. The Bertz CT molecular complexity index is 433. The van der Waals surface area contributed by atoms with Crippen molar-refractivity contribution in [1.82, 2.24) is 4.98 Å². The van der Waals surface area contributed by atoms with Crippen LogP contribution in [0.3, 0.4) is 0 Å². The minimum atomic E-state index is -3.05. The molecule has 0 aliphatic rings. The molecule has 14 heavy (non-hydrogen) atoms. The summed E-state index contributed by atoms with van der Waals surface area (Å²) in [4.78, 5) is 3.34. The van der Waals surface area contributed by atoms with Crippen LogP contribution >= 0.6 is 11.6 Å². The van der Waals surface area contributed by atoms with Gasteiger partial charge in [0.05, 0.1) is 10.8 Å². The van der Waals surface area contributed by atoms with Crippen LogP contribution < -0.4 is 0 Å². The monoisotopic (exact) mass is 237 g/mol. The molecule has 3 nitrogen and oxygen atoms in total. The van der Waals surface area contributed by atoms with Crippen molar-refractivity contribution in [1.29, 1.82) is 0 Å². The molecular formula is C8H9ClFNO2S. The first-order chi connectivity index (χ1) is 6.40. The molecule has 0 spiro atoms. The quantitative estimate of drug-likeness (QED) is 0.748. The fourth-order valence-electron chi connectivity index (χ4n) is 0.943. The maximum Gasteiger partial charge on any atom is 0.231 e. The van der Waals surface area contributed by atoms with Crippen LogP contribution in [0.25, 0.3) is 0 Å². The molecule has 1 heterocycles. The molecule has 6 heteroatoms. The molecule has 1 aromatic heterocycles. The van der Waals surface area contributed by atoms with Gasteiger partial charge in [-0.25, -0.2) is 13.4 Å². The second kappa shape index (κ2) is 4.23. The molecule has 1 aromatic rings. The van der Waals surface area contributed by atoms with Crippen LogP contribution in [0.2, 0.25) is 5.02 Å². The molecule has 0 aliphatic heterocycles. The van der Waals surface area contributed by atoms with E-state index in [1.807, 2.05) is 0 Å². The lowest BCUT2D eigenvalue weighted by Crippen LogP contribution is -2.06. The number of pyridine rings is 1. The summed E-state index contributed by atoms with van der Waals surface area (Å²) in [5.41, 5.74) is 0.463. The molecule has 0 radical (unpaired) electrons.